The van der Waals surface area contributed by atoms with Crippen molar-refractivity contribution in [1.29, 1.82) is 0 Å². The zero-order valence-corrected chi connectivity index (χ0v) is 16.0. The second-order valence-electron chi connectivity index (χ2n) is 6.25. The molecule has 3 rings (SSSR count). The molecule has 7 heteroatoms. The molecule has 1 aromatic heterocycles. The molecule has 140 valence electrons. The molecule has 0 bridgehead atoms. The van der Waals surface area contributed by atoms with E-state index in [2.05, 4.69) is 15.3 Å². The molecule has 0 spiro atoms. The van der Waals surface area contributed by atoms with Gasteiger partial charge in [-0.05, 0) is 35.4 Å². The molecule has 0 fully saturated rings. The van der Waals surface area contributed by atoms with Crippen LogP contribution in [0.15, 0.2) is 36.4 Å². The van der Waals surface area contributed by atoms with E-state index in [-0.39, 0.29) is 11.9 Å². The number of hydrogen-bond donors (Lipinski definition) is 1. The number of fused-ring (bicyclic) bond motifs is 1. The Morgan fingerprint density at radius 3 is 2.26 bits per heavy atom. The van der Waals surface area contributed by atoms with Crippen LogP contribution in [0.5, 0.6) is 11.5 Å². The predicted octanol–water partition coefficient (Wildman–Crippen LogP) is 3.34. The number of benzene rings is 2. The maximum atomic E-state index is 11.4. The van der Waals surface area contributed by atoms with E-state index in [1.807, 2.05) is 55.4 Å². The molecule has 27 heavy (non-hydrogen) atoms. The number of hydrogen-bond acceptors (Lipinski definition) is 6. The van der Waals surface area contributed by atoms with Crippen molar-refractivity contribution in [3.05, 3.63) is 36.4 Å². The van der Waals surface area contributed by atoms with Gasteiger partial charge in [-0.2, -0.15) is 4.98 Å². The lowest BCUT2D eigenvalue weighted by atomic mass is 10.0. The molecule has 0 radical (unpaired) electrons. The lowest BCUT2D eigenvalue weighted by Crippen LogP contribution is -2.15. The van der Waals surface area contributed by atoms with Gasteiger partial charge in [-0.25, -0.2) is 4.98 Å². The number of methoxy groups -OCH3 is 2. The monoisotopic (exact) mass is 366 g/mol. The molecule has 0 aliphatic rings. The Bertz CT molecular complexity index is 1000. The minimum absolute atomic E-state index is 0.207. The maximum absolute atomic E-state index is 11.4. The summed E-state index contributed by atoms with van der Waals surface area (Å²) < 4.78 is 10.7. The number of amides is 1. The van der Waals surface area contributed by atoms with Gasteiger partial charge in [0.1, 0.15) is 5.82 Å². The van der Waals surface area contributed by atoms with E-state index < -0.39 is 0 Å². The average Bonchev–Trinajstić information content (AvgIpc) is 2.65. The van der Waals surface area contributed by atoms with Gasteiger partial charge in [-0.15, -0.1) is 0 Å². The summed E-state index contributed by atoms with van der Waals surface area (Å²) in [5.74, 6) is 2.16. The number of rotatable bonds is 5. The van der Waals surface area contributed by atoms with Gasteiger partial charge >= 0.3 is 0 Å². The van der Waals surface area contributed by atoms with E-state index in [0.29, 0.717) is 11.5 Å². The molecule has 0 aliphatic heterocycles. The third kappa shape index (κ3) is 3.76. The minimum atomic E-state index is -0.207. The third-order valence-electron chi connectivity index (χ3n) is 4.10. The highest BCUT2D eigenvalue weighted by atomic mass is 16.5. The Morgan fingerprint density at radius 1 is 0.963 bits per heavy atom. The molecule has 0 atom stereocenters. The fourth-order valence-electron chi connectivity index (χ4n) is 2.86. The highest BCUT2D eigenvalue weighted by Crippen LogP contribution is 2.34. The van der Waals surface area contributed by atoms with Crippen LogP contribution in [-0.4, -0.2) is 44.2 Å². The molecule has 0 saturated carbocycles. The van der Waals surface area contributed by atoms with Gasteiger partial charge in [-0.3, -0.25) is 10.1 Å². The Labute approximate surface area is 157 Å². The zero-order chi connectivity index (χ0) is 19.6. The van der Waals surface area contributed by atoms with Crippen LogP contribution >= 0.6 is 0 Å². The summed E-state index contributed by atoms with van der Waals surface area (Å²) in [6, 6.07) is 11.7. The standard InChI is InChI=1S/C20H22N4O3/c1-12(25)21-20-22-16-8-6-13(10-15(16)19(23-20)24(2)3)14-7-9-17(26-4)18(11-14)27-5/h6-11H,1-5H3,(H,21,22,23,25). The van der Waals surface area contributed by atoms with E-state index in [1.54, 1.807) is 14.2 Å². The second kappa shape index (κ2) is 7.49. The highest BCUT2D eigenvalue weighted by Gasteiger charge is 2.13. The average molecular weight is 366 g/mol. The second-order valence-corrected chi connectivity index (χ2v) is 6.25. The van der Waals surface area contributed by atoms with Gasteiger partial charge in [0.2, 0.25) is 11.9 Å². The summed E-state index contributed by atoms with van der Waals surface area (Å²) in [6.45, 7) is 1.43. The minimum Gasteiger partial charge on any atom is -0.493 e. The summed E-state index contributed by atoms with van der Waals surface area (Å²) in [6.07, 6.45) is 0. The van der Waals surface area contributed by atoms with Crippen molar-refractivity contribution in [2.75, 3.05) is 38.5 Å². The van der Waals surface area contributed by atoms with Crippen LogP contribution in [0.2, 0.25) is 0 Å². The van der Waals surface area contributed by atoms with Gasteiger partial charge in [0, 0.05) is 26.4 Å². The predicted molar refractivity (Wildman–Crippen MR) is 107 cm³/mol. The number of anilines is 2. The third-order valence-corrected chi connectivity index (χ3v) is 4.10. The number of nitrogens with zero attached hydrogens (tertiary/aromatic N) is 3. The van der Waals surface area contributed by atoms with Gasteiger partial charge < -0.3 is 14.4 Å². The van der Waals surface area contributed by atoms with Crippen LogP contribution in [0, 0.1) is 0 Å². The molecular formula is C20H22N4O3. The summed E-state index contributed by atoms with van der Waals surface area (Å²) >= 11 is 0. The number of aromatic nitrogens is 2. The molecule has 3 aromatic rings. The van der Waals surface area contributed by atoms with Crippen molar-refractivity contribution in [3.8, 4) is 22.6 Å². The Balaban J connectivity index is 2.14. The van der Waals surface area contributed by atoms with E-state index in [1.165, 1.54) is 6.92 Å². The van der Waals surface area contributed by atoms with Crippen LogP contribution in [-0.2, 0) is 4.79 Å². The summed E-state index contributed by atoms with van der Waals surface area (Å²) in [5, 5.41) is 3.54. The van der Waals surface area contributed by atoms with E-state index in [9.17, 15) is 4.79 Å². The van der Waals surface area contributed by atoms with Crippen molar-refractivity contribution in [3.63, 3.8) is 0 Å². The first kappa shape index (κ1) is 18.4. The Kier molecular flexibility index (Phi) is 5.12. The summed E-state index contributed by atoms with van der Waals surface area (Å²) in [4.78, 5) is 22.2. The first-order chi connectivity index (χ1) is 12.9. The van der Waals surface area contributed by atoms with Crippen LogP contribution < -0.4 is 19.7 Å². The van der Waals surface area contributed by atoms with Gasteiger partial charge in [0.15, 0.2) is 11.5 Å². The van der Waals surface area contributed by atoms with Crippen LogP contribution in [0.3, 0.4) is 0 Å². The SMILES string of the molecule is COc1ccc(-c2ccc3nc(NC(C)=O)nc(N(C)C)c3c2)cc1OC. The number of nitrogens with one attached hydrogen (secondary N) is 1. The molecule has 7 nitrogen and oxygen atoms in total. The van der Waals surface area contributed by atoms with Gasteiger partial charge in [0.25, 0.3) is 0 Å². The van der Waals surface area contributed by atoms with Gasteiger partial charge in [-0.1, -0.05) is 12.1 Å². The van der Waals surface area contributed by atoms with Crippen molar-refractivity contribution < 1.29 is 14.3 Å². The molecule has 0 aliphatic carbocycles. The lowest BCUT2D eigenvalue weighted by molar-refractivity contribution is -0.114. The Morgan fingerprint density at radius 2 is 1.63 bits per heavy atom. The normalized spacial score (nSPS) is 10.6. The number of carbonyl (C=O) groups is 1. The fraction of sp³-hybridized carbons (Fsp3) is 0.250. The molecule has 1 heterocycles. The first-order valence-electron chi connectivity index (χ1n) is 8.42. The summed E-state index contributed by atoms with van der Waals surface area (Å²) in [7, 11) is 7.04. The van der Waals surface area contributed by atoms with Crippen molar-refractivity contribution in [1.82, 2.24) is 9.97 Å². The first-order valence-corrected chi connectivity index (χ1v) is 8.42. The molecule has 0 saturated heterocycles. The van der Waals surface area contributed by atoms with Crippen molar-refractivity contribution >= 4 is 28.6 Å². The summed E-state index contributed by atoms with van der Waals surface area (Å²) in [5.41, 5.74) is 2.74. The zero-order valence-electron chi connectivity index (χ0n) is 16.0. The van der Waals surface area contributed by atoms with E-state index >= 15 is 0 Å². The topological polar surface area (TPSA) is 76.6 Å². The number of carbonyl (C=O) groups excluding carboxylic acids is 1. The molecule has 1 amide bonds. The lowest BCUT2D eigenvalue weighted by Gasteiger charge is -2.16. The van der Waals surface area contributed by atoms with Crippen LogP contribution in [0.4, 0.5) is 11.8 Å². The highest BCUT2D eigenvalue weighted by molar-refractivity contribution is 5.95. The Hall–Kier alpha value is -3.35. The maximum Gasteiger partial charge on any atom is 0.231 e. The number of ether oxygens (including phenoxy) is 2. The van der Waals surface area contributed by atoms with Gasteiger partial charge in [0.05, 0.1) is 19.7 Å². The molecule has 0 unspecified atom stereocenters. The van der Waals surface area contributed by atoms with E-state index in [0.717, 1.165) is 27.8 Å². The molecular weight excluding hydrogens is 344 g/mol. The quantitative estimate of drug-likeness (QED) is 0.746. The smallest absolute Gasteiger partial charge is 0.231 e. The van der Waals surface area contributed by atoms with Crippen molar-refractivity contribution in [2.45, 2.75) is 6.92 Å². The largest absolute Gasteiger partial charge is 0.493 e. The van der Waals surface area contributed by atoms with Crippen LogP contribution in [0.25, 0.3) is 22.0 Å². The fourth-order valence-corrected chi connectivity index (χ4v) is 2.86. The molecule has 2 aromatic carbocycles. The molecule has 1 N–H and O–H groups in total. The van der Waals surface area contributed by atoms with Crippen molar-refractivity contribution in [2.24, 2.45) is 0 Å². The van der Waals surface area contributed by atoms with Crippen LogP contribution in [0.1, 0.15) is 6.92 Å². The van der Waals surface area contributed by atoms with E-state index in [4.69, 9.17) is 9.47 Å².